The second-order valence-corrected chi connectivity index (χ2v) is 3.34. The van der Waals surface area contributed by atoms with Crippen molar-refractivity contribution in [2.24, 2.45) is 0 Å². The Morgan fingerprint density at radius 2 is 2.50 bits per heavy atom. The summed E-state index contributed by atoms with van der Waals surface area (Å²) in [6, 6.07) is 0. The van der Waals surface area contributed by atoms with Gasteiger partial charge in [0.2, 0.25) is 0 Å². The van der Waals surface area contributed by atoms with Crippen LogP contribution in [0.5, 0.6) is 0 Å². The van der Waals surface area contributed by atoms with Crippen molar-refractivity contribution in [1.82, 2.24) is 9.59 Å². The first-order valence-corrected chi connectivity index (χ1v) is 4.34. The Kier molecular flexibility index (Phi) is 2.16. The van der Waals surface area contributed by atoms with Gasteiger partial charge in [-0.1, -0.05) is 4.49 Å². The van der Waals surface area contributed by atoms with E-state index >= 15 is 0 Å². The van der Waals surface area contributed by atoms with E-state index in [-0.39, 0.29) is 0 Å². The van der Waals surface area contributed by atoms with Crippen LogP contribution < -0.4 is 0 Å². The molecule has 0 amide bonds. The molecule has 0 aliphatic rings. The summed E-state index contributed by atoms with van der Waals surface area (Å²) in [5.41, 5.74) is 0. The lowest BCUT2D eigenvalue weighted by Gasteiger charge is -1.81. The number of hydrogen-bond acceptors (Lipinski definition) is 5. The van der Waals surface area contributed by atoms with Crippen LogP contribution in [-0.4, -0.2) is 15.8 Å². The summed E-state index contributed by atoms with van der Waals surface area (Å²) >= 11 is 7.04. The van der Waals surface area contributed by atoms with Gasteiger partial charge in [0, 0.05) is 0 Å². The molecule has 0 radical (unpaired) electrons. The van der Waals surface area contributed by atoms with E-state index in [0.717, 1.165) is 9.24 Å². The summed E-state index contributed by atoms with van der Waals surface area (Å²) in [5, 5.41) is 4.44. The summed E-state index contributed by atoms with van der Waals surface area (Å²) in [5.74, 6) is 0. The van der Waals surface area contributed by atoms with Crippen LogP contribution in [0.3, 0.4) is 0 Å². The maximum Gasteiger partial charge on any atom is 0.142 e. The molecule has 8 heavy (non-hydrogen) atoms. The van der Waals surface area contributed by atoms with E-state index in [1.54, 1.807) is 11.8 Å². The molecule has 0 aromatic carbocycles. The highest BCUT2D eigenvalue weighted by Crippen LogP contribution is 2.24. The van der Waals surface area contributed by atoms with Crippen LogP contribution >= 0.6 is 35.9 Å². The minimum atomic E-state index is 0.738. The molecule has 0 aliphatic heterocycles. The minimum absolute atomic E-state index is 0.738. The summed E-state index contributed by atoms with van der Waals surface area (Å²) < 4.78 is 4.76. The molecule has 0 N–H and O–H groups in total. The zero-order chi connectivity index (χ0) is 5.98. The molecule has 2 nitrogen and oxygen atoms in total. The highest BCUT2D eigenvalue weighted by atomic mass is 32.2. The molecular weight excluding hydrogens is 160 g/mol. The fraction of sp³-hybridized carbons (Fsp3) is 0.333. The average Bonchev–Trinajstić information content (AvgIpc) is 2.14. The predicted octanol–water partition coefficient (Wildman–Crippen LogP) is 1.55. The van der Waals surface area contributed by atoms with Gasteiger partial charge < -0.3 is 0 Å². The van der Waals surface area contributed by atoms with E-state index in [4.69, 9.17) is 0 Å². The topological polar surface area (TPSA) is 25.8 Å². The molecule has 0 saturated carbocycles. The monoisotopic (exact) mass is 164 g/mol. The third-order valence-corrected chi connectivity index (χ3v) is 3.05. The van der Waals surface area contributed by atoms with Gasteiger partial charge in [-0.15, -0.1) is 29.5 Å². The van der Waals surface area contributed by atoms with Gasteiger partial charge in [-0.05, 0) is 17.8 Å². The lowest BCUT2D eigenvalue weighted by molar-refractivity contribution is 1.01. The van der Waals surface area contributed by atoms with Gasteiger partial charge in [-0.3, -0.25) is 0 Å². The Labute approximate surface area is 61.3 Å². The summed E-state index contributed by atoms with van der Waals surface area (Å²) in [7, 11) is 0. The van der Waals surface area contributed by atoms with Crippen LogP contribution in [0.4, 0.5) is 0 Å². The Bertz CT molecular complexity index is 173. The van der Waals surface area contributed by atoms with Crippen molar-refractivity contribution < 1.29 is 0 Å². The average molecular weight is 164 g/mol. The number of thiol groups is 1. The van der Waals surface area contributed by atoms with Crippen molar-refractivity contribution in [2.75, 3.05) is 6.26 Å². The first-order chi connectivity index (χ1) is 3.84. The van der Waals surface area contributed by atoms with E-state index in [1.807, 2.05) is 6.26 Å². The zero-order valence-corrected chi connectivity index (χ0v) is 6.69. The van der Waals surface area contributed by atoms with E-state index in [1.165, 1.54) is 11.5 Å². The van der Waals surface area contributed by atoms with Crippen molar-refractivity contribution in [1.29, 1.82) is 0 Å². The van der Waals surface area contributed by atoms with Crippen molar-refractivity contribution in [3.63, 3.8) is 0 Å². The van der Waals surface area contributed by atoms with Gasteiger partial charge in [0.15, 0.2) is 0 Å². The molecule has 0 saturated heterocycles. The number of rotatable bonds is 1. The number of nitrogens with zero attached hydrogens (tertiary/aromatic N) is 2. The van der Waals surface area contributed by atoms with Crippen molar-refractivity contribution in [3.8, 4) is 0 Å². The van der Waals surface area contributed by atoms with Gasteiger partial charge >= 0.3 is 0 Å². The van der Waals surface area contributed by atoms with E-state index in [9.17, 15) is 0 Å². The van der Waals surface area contributed by atoms with Gasteiger partial charge in [-0.2, -0.15) is 0 Å². The van der Waals surface area contributed by atoms with E-state index in [2.05, 4.69) is 22.2 Å². The Morgan fingerprint density at radius 1 is 1.75 bits per heavy atom. The highest BCUT2D eigenvalue weighted by molar-refractivity contribution is 8.00. The SMILES string of the molecule is CSc1snnc1S. The van der Waals surface area contributed by atoms with Gasteiger partial charge in [-0.25, -0.2) is 0 Å². The molecular formula is C3H4N2S3. The highest BCUT2D eigenvalue weighted by Gasteiger charge is 1.98. The van der Waals surface area contributed by atoms with Crippen LogP contribution in [0.15, 0.2) is 9.24 Å². The predicted molar refractivity (Wildman–Crippen MR) is 38.9 cm³/mol. The largest absolute Gasteiger partial charge is 0.142 e. The molecule has 1 aromatic heterocycles. The Balaban J connectivity index is 2.92. The van der Waals surface area contributed by atoms with Crippen LogP contribution in [0, 0.1) is 0 Å². The van der Waals surface area contributed by atoms with Crippen LogP contribution in [0.1, 0.15) is 0 Å². The molecule has 0 spiro atoms. The van der Waals surface area contributed by atoms with Crippen molar-refractivity contribution in [3.05, 3.63) is 0 Å². The molecule has 0 unspecified atom stereocenters. The first-order valence-electron chi connectivity index (χ1n) is 1.90. The lowest BCUT2D eigenvalue weighted by Crippen LogP contribution is -1.64. The van der Waals surface area contributed by atoms with Gasteiger partial charge in [0.05, 0.1) is 0 Å². The third kappa shape index (κ3) is 1.15. The molecule has 0 fully saturated rings. The van der Waals surface area contributed by atoms with Crippen LogP contribution in [0.25, 0.3) is 0 Å². The molecule has 0 atom stereocenters. The number of aromatic nitrogens is 2. The standard InChI is InChI=1S/C3H4N2S3/c1-7-3-2(6)4-5-8-3/h6H,1H3. The van der Waals surface area contributed by atoms with Crippen LogP contribution in [0.2, 0.25) is 0 Å². The second kappa shape index (κ2) is 2.70. The van der Waals surface area contributed by atoms with Crippen LogP contribution in [-0.2, 0) is 0 Å². The first kappa shape index (κ1) is 6.38. The summed E-state index contributed by atoms with van der Waals surface area (Å²) in [6.07, 6.45) is 1.98. The van der Waals surface area contributed by atoms with Crippen molar-refractivity contribution in [2.45, 2.75) is 9.24 Å². The fourth-order valence-corrected chi connectivity index (χ4v) is 1.75. The molecule has 0 bridgehead atoms. The normalized spacial score (nSPS) is 9.75. The molecule has 5 heteroatoms. The van der Waals surface area contributed by atoms with Crippen molar-refractivity contribution >= 4 is 35.9 Å². The summed E-state index contributed by atoms with van der Waals surface area (Å²) in [6.45, 7) is 0. The maximum absolute atomic E-state index is 4.05. The van der Waals surface area contributed by atoms with Gasteiger partial charge in [0.25, 0.3) is 0 Å². The fourth-order valence-electron chi connectivity index (χ4n) is 0.306. The molecule has 1 heterocycles. The third-order valence-electron chi connectivity index (χ3n) is 0.627. The quantitative estimate of drug-likeness (QED) is 0.504. The molecule has 0 aliphatic carbocycles. The second-order valence-electron chi connectivity index (χ2n) is 1.09. The Morgan fingerprint density at radius 3 is 2.75 bits per heavy atom. The Hall–Kier alpha value is 0.260. The smallest absolute Gasteiger partial charge is 0.131 e. The summed E-state index contributed by atoms with van der Waals surface area (Å²) in [4.78, 5) is 0. The minimum Gasteiger partial charge on any atom is -0.131 e. The zero-order valence-electron chi connectivity index (χ0n) is 4.16. The van der Waals surface area contributed by atoms with Gasteiger partial charge in [0.1, 0.15) is 9.24 Å². The van der Waals surface area contributed by atoms with E-state index < -0.39 is 0 Å². The molecule has 44 valence electrons. The number of hydrogen-bond donors (Lipinski definition) is 1. The maximum atomic E-state index is 4.05. The molecule has 1 aromatic rings. The number of thioether (sulfide) groups is 1. The lowest BCUT2D eigenvalue weighted by atomic mass is 11.0. The van der Waals surface area contributed by atoms with E-state index in [0.29, 0.717) is 0 Å². The molecule has 1 rings (SSSR count).